The summed E-state index contributed by atoms with van der Waals surface area (Å²) in [7, 11) is -2.98. The van der Waals surface area contributed by atoms with Crippen molar-refractivity contribution in [3.8, 4) is 44.9 Å². The topological polar surface area (TPSA) is 9.86 Å². The third kappa shape index (κ3) is 4.52. The van der Waals surface area contributed by atoms with E-state index in [9.17, 15) is 0 Å². The summed E-state index contributed by atoms with van der Waals surface area (Å²) >= 11 is 0. The van der Waals surface area contributed by atoms with Crippen LogP contribution < -0.4 is 37.1 Å². The van der Waals surface area contributed by atoms with Gasteiger partial charge in [0.15, 0.2) is 8.07 Å². The first-order valence-electron chi connectivity index (χ1n) is 24.9. The molecule has 4 aliphatic rings. The molecule has 4 heteroatoms. The van der Waals surface area contributed by atoms with Crippen molar-refractivity contribution in [2.75, 3.05) is 0 Å². The summed E-state index contributed by atoms with van der Waals surface area (Å²) in [6.45, 7) is 14.6. The Balaban J connectivity index is 1.24. The number of rotatable bonds is 6. The molecule has 0 saturated carbocycles. The minimum atomic E-state index is -2.98. The monoisotopic (exact) mass is 886 g/mol. The fourth-order valence-corrected chi connectivity index (χ4v) is 19.3. The van der Waals surface area contributed by atoms with E-state index in [0.29, 0.717) is 0 Å². The van der Waals surface area contributed by atoms with Gasteiger partial charge in [0.25, 0.3) is 6.71 Å². The van der Waals surface area contributed by atoms with Crippen LogP contribution in [0.4, 0.5) is 0 Å². The van der Waals surface area contributed by atoms with Crippen molar-refractivity contribution < 1.29 is 0 Å². The summed E-state index contributed by atoms with van der Waals surface area (Å²) in [5.41, 5.74) is 21.9. The molecule has 0 unspecified atom stereocenters. The Labute approximate surface area is 399 Å². The van der Waals surface area contributed by atoms with Gasteiger partial charge in [0.1, 0.15) is 0 Å². The number of nitrogens with zero attached hydrogens (tertiary/aromatic N) is 2. The molecule has 0 saturated heterocycles. The predicted molar refractivity (Wildman–Crippen MR) is 293 cm³/mol. The molecule has 0 aliphatic carbocycles. The summed E-state index contributed by atoms with van der Waals surface area (Å²) in [4.78, 5) is 0. The number of hydrogen-bond acceptors (Lipinski definition) is 0. The van der Waals surface area contributed by atoms with Gasteiger partial charge in [0.2, 0.25) is 0 Å². The minimum absolute atomic E-state index is 0.00107. The smallest absolute Gasteiger partial charge is 0.253 e. The second kappa shape index (κ2) is 13.1. The maximum atomic E-state index is 2.82. The van der Waals surface area contributed by atoms with E-state index in [1.807, 2.05) is 0 Å². The molecular formula is C64H51BN2Si. The highest BCUT2D eigenvalue weighted by Gasteiger charge is 2.56. The molecule has 0 N–H and O–H groups in total. The summed E-state index contributed by atoms with van der Waals surface area (Å²) in [6.07, 6.45) is 2.12. The largest absolute Gasteiger partial charge is 0.310 e. The lowest BCUT2D eigenvalue weighted by Crippen LogP contribution is -2.77. The summed E-state index contributed by atoms with van der Waals surface area (Å²) in [5.74, 6) is 0. The van der Waals surface area contributed by atoms with Crippen molar-refractivity contribution in [1.29, 1.82) is 0 Å². The molecule has 11 aromatic rings. The zero-order valence-corrected chi connectivity index (χ0v) is 40.6. The quantitative estimate of drug-likeness (QED) is 0.147. The van der Waals surface area contributed by atoms with Crippen LogP contribution in [0.15, 0.2) is 176 Å². The van der Waals surface area contributed by atoms with Gasteiger partial charge in [-0.15, -0.1) is 0 Å². The van der Waals surface area contributed by atoms with Crippen molar-refractivity contribution >= 4 is 95.4 Å². The molecular weight excluding hydrogens is 836 g/mol. The summed E-state index contributed by atoms with van der Waals surface area (Å²) in [5, 5.41) is 12.9. The number of hydrogen-bond donors (Lipinski definition) is 0. The van der Waals surface area contributed by atoms with E-state index in [1.54, 1.807) is 5.19 Å². The van der Waals surface area contributed by atoms with Gasteiger partial charge in [0.05, 0.1) is 16.7 Å². The molecule has 2 aromatic heterocycles. The second-order valence-electron chi connectivity index (χ2n) is 21.6. The predicted octanol–water partition coefficient (Wildman–Crippen LogP) is 11.4. The van der Waals surface area contributed by atoms with Crippen LogP contribution in [-0.2, 0) is 10.8 Å². The zero-order chi connectivity index (χ0) is 45.6. The Morgan fingerprint density at radius 3 is 1.72 bits per heavy atom. The Bertz CT molecular complexity index is 4010. The molecule has 2 nitrogen and oxygen atoms in total. The normalized spacial score (nSPS) is 14.5. The van der Waals surface area contributed by atoms with Crippen LogP contribution in [0.25, 0.3) is 88.4 Å². The number of fused-ring (bicyclic) bond motifs is 13. The van der Waals surface area contributed by atoms with E-state index in [-0.39, 0.29) is 17.5 Å². The van der Waals surface area contributed by atoms with E-state index in [4.69, 9.17) is 0 Å². The molecule has 9 aromatic carbocycles. The first-order valence-corrected chi connectivity index (χ1v) is 26.9. The van der Waals surface area contributed by atoms with Crippen LogP contribution in [0.2, 0.25) is 0 Å². The lowest BCUT2D eigenvalue weighted by atomic mass is 9.33. The van der Waals surface area contributed by atoms with Crippen LogP contribution in [0.1, 0.15) is 65.5 Å². The Kier molecular flexibility index (Phi) is 7.49. The maximum Gasteiger partial charge on any atom is 0.253 e. The number of benzene rings is 9. The average Bonchev–Trinajstić information content (AvgIpc) is 4.01. The highest BCUT2D eigenvalue weighted by atomic mass is 28.3. The maximum absolute atomic E-state index is 2.98. The van der Waals surface area contributed by atoms with E-state index in [2.05, 4.69) is 227 Å². The van der Waals surface area contributed by atoms with E-state index < -0.39 is 8.07 Å². The molecule has 0 atom stereocenters. The molecule has 15 rings (SSSR count). The van der Waals surface area contributed by atoms with Crippen LogP contribution in [0.5, 0.6) is 0 Å². The van der Waals surface area contributed by atoms with Gasteiger partial charge in [0, 0.05) is 38.6 Å². The third-order valence-corrected chi connectivity index (χ3v) is 22.6. The van der Waals surface area contributed by atoms with E-state index in [1.165, 1.54) is 131 Å². The first-order chi connectivity index (χ1) is 33.2. The van der Waals surface area contributed by atoms with Crippen molar-refractivity contribution in [2.24, 2.45) is 0 Å². The zero-order valence-electron chi connectivity index (χ0n) is 39.6. The minimum Gasteiger partial charge on any atom is -0.310 e. The highest BCUT2D eigenvalue weighted by Crippen LogP contribution is 2.48. The third-order valence-electron chi connectivity index (χ3n) is 17.7. The van der Waals surface area contributed by atoms with Gasteiger partial charge in [-0.05, 0) is 129 Å². The Morgan fingerprint density at radius 2 is 1.04 bits per heavy atom. The molecule has 1 spiro atoms. The Morgan fingerprint density at radius 1 is 0.456 bits per heavy atom. The van der Waals surface area contributed by atoms with Crippen molar-refractivity contribution in [3.05, 3.63) is 187 Å². The van der Waals surface area contributed by atoms with Gasteiger partial charge in [-0.3, -0.25) is 0 Å². The van der Waals surface area contributed by atoms with Crippen LogP contribution >= 0.6 is 0 Å². The van der Waals surface area contributed by atoms with Gasteiger partial charge < -0.3 is 9.13 Å². The molecule has 6 heterocycles. The second-order valence-corrected chi connectivity index (χ2v) is 25.2. The van der Waals surface area contributed by atoms with Crippen molar-refractivity contribution in [2.45, 2.75) is 65.2 Å². The lowest BCUT2D eigenvalue weighted by molar-refractivity contribution is 0.507. The lowest BCUT2D eigenvalue weighted by Gasteiger charge is -2.43. The summed E-state index contributed by atoms with van der Waals surface area (Å²) in [6, 6.07) is 69.1. The standard InChI is InChI=1S/C64H51BN2Si/c1-7-63(3,4)41-34-46-47-35-42(64(5,6)8-2)37-54-60(47)67-59(46)49(36-41)65-56-43-26-16-15-25-40(43)33-48-55(38-21-11-9-12-22-38)58(39-23-13-10-14-24-39)66(61(48)56)50-31-32-53(62(67)57(50)65)68(54)51-29-19-17-27-44(51)45-28-18-20-30-52(45)68/h9-37H,7-8H2,1-6H3. The molecule has 324 valence electrons. The SMILES string of the molecule is CCC(C)(C)c1cc2c3c(c1)c1cc(C(C)(C)CC)cc4c1n3-c1c(ccc3c1B2c1c2ccccc2cc2c(-c5ccccc5)c(-c5ccccc5)n-3c12)[Si]41c2ccccc2-c2ccccc21. The van der Waals surface area contributed by atoms with E-state index >= 15 is 0 Å². The van der Waals surface area contributed by atoms with Crippen LogP contribution in [0, 0.1) is 0 Å². The molecule has 4 aliphatic heterocycles. The van der Waals surface area contributed by atoms with Crippen LogP contribution in [-0.4, -0.2) is 23.9 Å². The van der Waals surface area contributed by atoms with Gasteiger partial charge in [-0.1, -0.05) is 193 Å². The van der Waals surface area contributed by atoms with Gasteiger partial charge in [-0.2, -0.15) is 0 Å². The fourth-order valence-electron chi connectivity index (χ4n) is 13.7. The molecule has 0 amide bonds. The average molecular weight is 887 g/mol. The molecule has 0 bridgehead atoms. The number of aromatic nitrogens is 2. The Hall–Kier alpha value is -7.14. The van der Waals surface area contributed by atoms with Gasteiger partial charge in [-0.25, -0.2) is 0 Å². The molecule has 0 fully saturated rings. The molecule has 68 heavy (non-hydrogen) atoms. The highest BCUT2D eigenvalue weighted by molar-refractivity contribution is 7.24. The first kappa shape index (κ1) is 38.9. The fraction of sp³-hybridized carbons (Fsp3) is 0.156. The summed E-state index contributed by atoms with van der Waals surface area (Å²) < 4.78 is 5.54. The van der Waals surface area contributed by atoms with E-state index in [0.717, 1.165) is 12.8 Å². The van der Waals surface area contributed by atoms with Crippen molar-refractivity contribution in [1.82, 2.24) is 9.13 Å². The van der Waals surface area contributed by atoms with Crippen LogP contribution in [0.3, 0.4) is 0 Å². The van der Waals surface area contributed by atoms with Crippen molar-refractivity contribution in [3.63, 3.8) is 0 Å². The molecule has 0 radical (unpaired) electrons. The van der Waals surface area contributed by atoms with Gasteiger partial charge >= 0.3 is 0 Å².